The van der Waals surface area contributed by atoms with Crippen molar-refractivity contribution in [3.05, 3.63) is 71.9 Å². The number of hydrogen-bond acceptors (Lipinski definition) is 7. The highest BCUT2D eigenvalue weighted by atomic mass is 19.1. The number of benzene rings is 1. The number of aromatic nitrogens is 4. The van der Waals surface area contributed by atoms with E-state index in [1.807, 2.05) is 24.0 Å². The molecule has 1 saturated heterocycles. The highest BCUT2D eigenvalue weighted by Crippen LogP contribution is 2.48. The molecule has 2 aliphatic rings. The molecule has 184 valence electrons. The Labute approximate surface area is 206 Å². The summed E-state index contributed by atoms with van der Waals surface area (Å²) in [5.41, 5.74) is 10.2. The Morgan fingerprint density at radius 1 is 1.11 bits per heavy atom. The summed E-state index contributed by atoms with van der Waals surface area (Å²) >= 11 is 0. The van der Waals surface area contributed by atoms with Gasteiger partial charge in [-0.05, 0) is 48.9 Å². The second kappa shape index (κ2) is 8.56. The largest absolute Gasteiger partial charge is 0.474 e. The molecule has 0 radical (unpaired) electrons. The van der Waals surface area contributed by atoms with Gasteiger partial charge >= 0.3 is 0 Å². The van der Waals surface area contributed by atoms with Gasteiger partial charge < -0.3 is 19.9 Å². The number of halogens is 1. The maximum atomic E-state index is 13.4. The van der Waals surface area contributed by atoms with E-state index in [4.69, 9.17) is 15.0 Å². The summed E-state index contributed by atoms with van der Waals surface area (Å²) < 4.78 is 26.1. The number of hydrogen-bond donors (Lipinski definition) is 1. The molecule has 4 heterocycles. The maximum Gasteiger partial charge on any atom is 0.272 e. The molecule has 0 bridgehead atoms. The van der Waals surface area contributed by atoms with E-state index in [0.29, 0.717) is 41.7 Å². The van der Waals surface area contributed by atoms with E-state index in [9.17, 15) is 9.18 Å². The molecule has 10 heteroatoms. The number of likely N-dealkylation sites (tertiary alicyclic amines) is 1. The Hall–Kier alpha value is -4.05. The minimum Gasteiger partial charge on any atom is -0.474 e. The van der Waals surface area contributed by atoms with E-state index in [-0.39, 0.29) is 35.7 Å². The van der Waals surface area contributed by atoms with Gasteiger partial charge in [0.05, 0.1) is 5.69 Å². The predicted octanol–water partition coefficient (Wildman–Crippen LogP) is 3.45. The molecular formula is C26H25FN6O3. The molecule has 6 rings (SSSR count). The van der Waals surface area contributed by atoms with Crippen LogP contribution in [0.25, 0.3) is 22.6 Å². The van der Waals surface area contributed by atoms with E-state index >= 15 is 0 Å². The molecule has 4 aromatic rings. The minimum absolute atomic E-state index is 0.0109. The zero-order chi connectivity index (χ0) is 25.0. The van der Waals surface area contributed by atoms with Gasteiger partial charge in [0.1, 0.15) is 35.3 Å². The number of carbonyl (C=O) groups excluding carboxylic acids is 1. The summed E-state index contributed by atoms with van der Waals surface area (Å²) in [6.45, 7) is 3.11. The van der Waals surface area contributed by atoms with Crippen molar-refractivity contribution >= 4 is 5.91 Å². The molecular weight excluding hydrogens is 463 g/mol. The fraction of sp³-hybridized carbons (Fsp3) is 0.308. The summed E-state index contributed by atoms with van der Waals surface area (Å²) in [7, 11) is 1.75. The van der Waals surface area contributed by atoms with Crippen molar-refractivity contribution in [2.24, 2.45) is 24.6 Å². The maximum absolute atomic E-state index is 13.4. The van der Waals surface area contributed by atoms with Crippen LogP contribution in [0.4, 0.5) is 4.39 Å². The van der Waals surface area contributed by atoms with E-state index in [2.05, 4.69) is 15.2 Å². The first-order valence-electron chi connectivity index (χ1n) is 11.8. The fourth-order valence-corrected chi connectivity index (χ4v) is 4.87. The van der Waals surface area contributed by atoms with Crippen LogP contribution in [-0.2, 0) is 7.05 Å². The van der Waals surface area contributed by atoms with Gasteiger partial charge in [0, 0.05) is 55.7 Å². The Kier molecular flexibility index (Phi) is 5.33. The summed E-state index contributed by atoms with van der Waals surface area (Å²) in [6.07, 6.45) is 1.46. The van der Waals surface area contributed by atoms with Crippen molar-refractivity contribution in [3.63, 3.8) is 0 Å². The average molecular weight is 489 g/mol. The predicted molar refractivity (Wildman–Crippen MR) is 128 cm³/mol. The zero-order valence-corrected chi connectivity index (χ0v) is 19.8. The number of rotatable bonds is 6. The SMILES string of the molecule is CC(N)c1cc(OC2[C@H]3CN(C(=O)c4cc(-c5ccon5)nn4C)C[C@@H]23)nc(-c2ccc(F)cc2)c1. The Morgan fingerprint density at radius 2 is 1.86 bits per heavy atom. The molecule has 2 unspecified atom stereocenters. The van der Waals surface area contributed by atoms with Crippen molar-refractivity contribution in [1.29, 1.82) is 0 Å². The molecule has 36 heavy (non-hydrogen) atoms. The number of nitrogens with two attached hydrogens (primary N) is 1. The van der Waals surface area contributed by atoms with Gasteiger partial charge in [-0.3, -0.25) is 9.48 Å². The number of amides is 1. The van der Waals surface area contributed by atoms with E-state index in [1.54, 1.807) is 36.0 Å². The zero-order valence-electron chi connectivity index (χ0n) is 19.8. The van der Waals surface area contributed by atoms with Crippen LogP contribution in [0, 0.1) is 17.7 Å². The standard InChI is InChI=1S/C26H25FN6O3/c1-14(28)16-9-21(15-3-5-17(27)6-4-15)29-24(10-16)36-25-18-12-33(13-19(18)25)26(34)23-11-22(30-32(23)2)20-7-8-35-31-20/h3-11,14,18-19,25H,12-13,28H2,1-2H3/t14?,18-,19+,25?. The molecule has 1 saturated carbocycles. The van der Waals surface area contributed by atoms with Gasteiger partial charge in [0.15, 0.2) is 0 Å². The molecule has 1 amide bonds. The first-order valence-corrected chi connectivity index (χ1v) is 11.8. The van der Waals surface area contributed by atoms with Crippen LogP contribution in [-0.4, -0.2) is 49.9 Å². The smallest absolute Gasteiger partial charge is 0.272 e. The molecule has 1 aliphatic carbocycles. The van der Waals surface area contributed by atoms with Gasteiger partial charge in [0.25, 0.3) is 5.91 Å². The Morgan fingerprint density at radius 3 is 2.53 bits per heavy atom. The van der Waals surface area contributed by atoms with E-state index < -0.39 is 0 Å². The van der Waals surface area contributed by atoms with Gasteiger partial charge in [-0.15, -0.1) is 0 Å². The normalized spacial score (nSPS) is 21.3. The minimum atomic E-state index is -0.302. The van der Waals surface area contributed by atoms with Gasteiger partial charge in [0.2, 0.25) is 5.88 Å². The lowest BCUT2D eigenvalue weighted by Crippen LogP contribution is -2.34. The number of pyridine rings is 1. The number of ether oxygens (including phenoxy) is 1. The summed E-state index contributed by atoms with van der Waals surface area (Å²) in [5, 5.41) is 8.28. The lowest BCUT2D eigenvalue weighted by Gasteiger charge is -2.20. The van der Waals surface area contributed by atoms with Crippen LogP contribution in [0.15, 0.2) is 59.3 Å². The number of carbonyl (C=O) groups is 1. The topological polar surface area (TPSA) is 112 Å². The highest BCUT2D eigenvalue weighted by molar-refractivity contribution is 5.94. The number of aryl methyl sites for hydroxylation is 1. The van der Waals surface area contributed by atoms with Crippen LogP contribution in [0.1, 0.15) is 29.0 Å². The summed E-state index contributed by atoms with van der Waals surface area (Å²) in [4.78, 5) is 19.7. The Bertz CT molecular complexity index is 1400. The molecule has 4 atom stereocenters. The highest BCUT2D eigenvalue weighted by Gasteiger charge is 2.59. The van der Waals surface area contributed by atoms with Crippen LogP contribution in [0.2, 0.25) is 0 Å². The first-order chi connectivity index (χ1) is 17.4. The lowest BCUT2D eigenvalue weighted by molar-refractivity contribution is 0.0740. The molecule has 1 aromatic carbocycles. The van der Waals surface area contributed by atoms with Crippen molar-refractivity contribution in [2.75, 3.05) is 13.1 Å². The molecule has 0 spiro atoms. The monoisotopic (exact) mass is 488 g/mol. The third-order valence-corrected chi connectivity index (χ3v) is 6.95. The molecule has 2 fully saturated rings. The first kappa shape index (κ1) is 22.4. The molecule has 3 aromatic heterocycles. The molecule has 1 aliphatic heterocycles. The summed E-state index contributed by atoms with van der Waals surface area (Å²) in [6, 6.07) is 13.2. The third-order valence-electron chi connectivity index (χ3n) is 6.95. The number of fused-ring (bicyclic) bond motifs is 1. The van der Waals surface area contributed by atoms with Gasteiger partial charge in [-0.1, -0.05) is 5.16 Å². The van der Waals surface area contributed by atoms with Crippen molar-refractivity contribution in [2.45, 2.75) is 19.1 Å². The van der Waals surface area contributed by atoms with Crippen LogP contribution >= 0.6 is 0 Å². The molecule has 2 N–H and O–H groups in total. The number of nitrogens with zero attached hydrogens (tertiary/aromatic N) is 5. The van der Waals surface area contributed by atoms with Crippen LogP contribution in [0.3, 0.4) is 0 Å². The van der Waals surface area contributed by atoms with Crippen molar-refractivity contribution in [3.8, 4) is 28.5 Å². The van der Waals surface area contributed by atoms with E-state index in [1.165, 1.54) is 18.4 Å². The lowest BCUT2D eigenvalue weighted by atomic mass is 10.1. The summed E-state index contributed by atoms with van der Waals surface area (Å²) in [5.74, 6) is 0.607. The molecule has 9 nitrogen and oxygen atoms in total. The fourth-order valence-electron chi connectivity index (χ4n) is 4.87. The van der Waals surface area contributed by atoms with Crippen molar-refractivity contribution in [1.82, 2.24) is 24.8 Å². The third kappa shape index (κ3) is 4.03. The van der Waals surface area contributed by atoms with Crippen LogP contribution < -0.4 is 10.5 Å². The van der Waals surface area contributed by atoms with Gasteiger partial charge in [-0.25, -0.2) is 9.37 Å². The van der Waals surface area contributed by atoms with E-state index in [0.717, 1.165) is 11.1 Å². The second-order valence-corrected chi connectivity index (χ2v) is 9.46. The Balaban J connectivity index is 1.14. The van der Waals surface area contributed by atoms with Gasteiger partial charge in [-0.2, -0.15) is 5.10 Å². The average Bonchev–Trinajstić information content (AvgIpc) is 3.37. The number of piperidine rings is 1. The van der Waals surface area contributed by atoms with Crippen LogP contribution in [0.5, 0.6) is 5.88 Å². The quantitative estimate of drug-likeness (QED) is 0.442. The van der Waals surface area contributed by atoms with Crippen molar-refractivity contribution < 1.29 is 18.4 Å². The second-order valence-electron chi connectivity index (χ2n) is 9.46.